The van der Waals surface area contributed by atoms with Crippen LogP contribution in [0.1, 0.15) is 30.8 Å². The summed E-state index contributed by atoms with van der Waals surface area (Å²) >= 11 is 5.92. The first-order valence-electron chi connectivity index (χ1n) is 6.67. The van der Waals surface area contributed by atoms with Gasteiger partial charge in [0.05, 0.1) is 6.04 Å². The lowest BCUT2D eigenvalue weighted by Gasteiger charge is -2.17. The number of nitrogens with one attached hydrogen (secondary N) is 1. The van der Waals surface area contributed by atoms with E-state index in [0.29, 0.717) is 0 Å². The molecule has 0 bridgehead atoms. The number of rotatable bonds is 6. The Hall–Kier alpha value is -1.32. The largest absolute Gasteiger partial charge is 0.334 e. The molecule has 0 fully saturated rings. The zero-order chi connectivity index (χ0) is 13.7. The summed E-state index contributed by atoms with van der Waals surface area (Å²) in [6.45, 7) is 3.19. The predicted molar refractivity (Wildman–Crippen MR) is 79.5 cm³/mol. The SMILES string of the molecule is CCCn1ccnc1C(Cc1ccc(Cl)cc1)NC. The molecule has 1 aromatic carbocycles. The highest BCUT2D eigenvalue weighted by Crippen LogP contribution is 2.18. The maximum atomic E-state index is 5.92. The number of aryl methyl sites for hydroxylation is 1. The minimum Gasteiger partial charge on any atom is -0.334 e. The number of nitrogens with zero attached hydrogens (tertiary/aromatic N) is 2. The molecule has 0 spiro atoms. The van der Waals surface area contributed by atoms with Crippen molar-refractivity contribution in [2.75, 3.05) is 7.05 Å². The van der Waals surface area contributed by atoms with E-state index in [1.807, 2.05) is 31.6 Å². The van der Waals surface area contributed by atoms with Gasteiger partial charge in [-0.2, -0.15) is 0 Å². The summed E-state index contributed by atoms with van der Waals surface area (Å²) in [6, 6.07) is 8.23. The predicted octanol–water partition coefficient (Wildman–Crippen LogP) is 3.45. The average molecular weight is 278 g/mol. The van der Waals surface area contributed by atoms with Gasteiger partial charge in [-0.3, -0.25) is 0 Å². The second-order valence-electron chi connectivity index (χ2n) is 4.65. The van der Waals surface area contributed by atoms with E-state index in [9.17, 15) is 0 Å². The molecule has 1 N–H and O–H groups in total. The molecule has 0 saturated heterocycles. The molecule has 3 nitrogen and oxygen atoms in total. The van der Waals surface area contributed by atoms with Crippen molar-refractivity contribution >= 4 is 11.6 Å². The van der Waals surface area contributed by atoms with Crippen LogP contribution in [-0.2, 0) is 13.0 Å². The Balaban J connectivity index is 2.15. The standard InChI is InChI=1S/C15H20ClN3/c1-3-9-19-10-8-18-15(19)14(17-2)11-12-4-6-13(16)7-5-12/h4-8,10,14,17H,3,9,11H2,1-2H3. The molecule has 19 heavy (non-hydrogen) atoms. The molecule has 2 aromatic rings. The molecular formula is C15H20ClN3. The summed E-state index contributed by atoms with van der Waals surface area (Å²) < 4.78 is 2.22. The van der Waals surface area contributed by atoms with Gasteiger partial charge >= 0.3 is 0 Å². The Labute approximate surface area is 119 Å². The minimum absolute atomic E-state index is 0.225. The third kappa shape index (κ3) is 3.58. The monoisotopic (exact) mass is 277 g/mol. The lowest BCUT2D eigenvalue weighted by atomic mass is 10.1. The summed E-state index contributed by atoms with van der Waals surface area (Å²) in [5.74, 6) is 1.10. The molecule has 1 heterocycles. The molecule has 1 atom stereocenters. The van der Waals surface area contributed by atoms with Crippen LogP contribution < -0.4 is 5.32 Å². The Morgan fingerprint density at radius 2 is 2.05 bits per heavy atom. The van der Waals surface area contributed by atoms with Crippen molar-refractivity contribution in [2.45, 2.75) is 32.4 Å². The fourth-order valence-electron chi connectivity index (χ4n) is 2.24. The van der Waals surface area contributed by atoms with E-state index >= 15 is 0 Å². The topological polar surface area (TPSA) is 29.9 Å². The smallest absolute Gasteiger partial charge is 0.126 e. The van der Waals surface area contributed by atoms with Crippen LogP contribution in [0.2, 0.25) is 5.02 Å². The second kappa shape index (κ2) is 6.73. The van der Waals surface area contributed by atoms with Crippen molar-refractivity contribution < 1.29 is 0 Å². The summed E-state index contributed by atoms with van der Waals surface area (Å²) in [7, 11) is 1.98. The maximum absolute atomic E-state index is 5.92. The number of halogens is 1. The highest BCUT2D eigenvalue weighted by atomic mass is 35.5. The van der Waals surface area contributed by atoms with E-state index < -0.39 is 0 Å². The van der Waals surface area contributed by atoms with Gasteiger partial charge < -0.3 is 9.88 Å². The average Bonchev–Trinajstić information content (AvgIpc) is 2.87. The third-order valence-electron chi connectivity index (χ3n) is 3.23. The van der Waals surface area contributed by atoms with Crippen LogP contribution in [0.5, 0.6) is 0 Å². The molecule has 0 amide bonds. The van der Waals surface area contributed by atoms with Gasteiger partial charge in [-0.15, -0.1) is 0 Å². The first-order chi connectivity index (χ1) is 9.24. The minimum atomic E-state index is 0.225. The zero-order valence-corrected chi connectivity index (χ0v) is 12.2. The summed E-state index contributed by atoms with van der Waals surface area (Å²) in [4.78, 5) is 4.49. The van der Waals surface area contributed by atoms with Gasteiger partial charge in [0.25, 0.3) is 0 Å². The van der Waals surface area contributed by atoms with Gasteiger partial charge in [-0.25, -0.2) is 4.98 Å². The molecule has 1 unspecified atom stereocenters. The molecule has 0 aliphatic carbocycles. The van der Waals surface area contributed by atoms with Crippen molar-refractivity contribution in [3.8, 4) is 0 Å². The van der Waals surface area contributed by atoms with Gasteiger partial charge in [-0.1, -0.05) is 30.7 Å². The number of hydrogen-bond donors (Lipinski definition) is 1. The Morgan fingerprint density at radius 3 is 2.68 bits per heavy atom. The second-order valence-corrected chi connectivity index (χ2v) is 5.09. The molecule has 0 aliphatic rings. The van der Waals surface area contributed by atoms with Gasteiger partial charge in [0.2, 0.25) is 0 Å². The van der Waals surface area contributed by atoms with Gasteiger partial charge in [0, 0.05) is 24.0 Å². The molecule has 2 rings (SSSR count). The fourth-order valence-corrected chi connectivity index (χ4v) is 2.37. The van der Waals surface area contributed by atoms with Crippen LogP contribution in [0.25, 0.3) is 0 Å². The lowest BCUT2D eigenvalue weighted by molar-refractivity contribution is 0.512. The number of benzene rings is 1. The fraction of sp³-hybridized carbons (Fsp3) is 0.400. The van der Waals surface area contributed by atoms with Crippen molar-refractivity contribution in [2.24, 2.45) is 0 Å². The Kier molecular flexibility index (Phi) is 5.00. The molecule has 4 heteroatoms. The van der Waals surface area contributed by atoms with Crippen molar-refractivity contribution in [1.82, 2.24) is 14.9 Å². The van der Waals surface area contributed by atoms with Gasteiger partial charge in [-0.05, 0) is 37.6 Å². The number of hydrogen-bond acceptors (Lipinski definition) is 2. The van der Waals surface area contributed by atoms with Crippen LogP contribution in [0.4, 0.5) is 0 Å². The molecule has 102 valence electrons. The van der Waals surface area contributed by atoms with Crippen LogP contribution in [-0.4, -0.2) is 16.6 Å². The normalized spacial score (nSPS) is 12.6. The molecule has 0 saturated carbocycles. The maximum Gasteiger partial charge on any atom is 0.126 e. The number of likely N-dealkylation sites (N-methyl/N-ethyl adjacent to an activating group) is 1. The van der Waals surface area contributed by atoms with E-state index in [-0.39, 0.29) is 6.04 Å². The lowest BCUT2D eigenvalue weighted by Crippen LogP contribution is -2.23. The first-order valence-corrected chi connectivity index (χ1v) is 7.05. The van der Waals surface area contributed by atoms with Crippen LogP contribution in [0, 0.1) is 0 Å². The molecule has 1 aromatic heterocycles. The van der Waals surface area contributed by atoms with E-state index in [1.165, 1.54) is 5.56 Å². The Bertz CT molecular complexity index is 504. The van der Waals surface area contributed by atoms with Crippen LogP contribution in [0.15, 0.2) is 36.7 Å². The van der Waals surface area contributed by atoms with Gasteiger partial charge in [0.1, 0.15) is 5.82 Å². The molecule has 0 aliphatic heterocycles. The first kappa shape index (κ1) is 14.1. The highest BCUT2D eigenvalue weighted by Gasteiger charge is 2.15. The van der Waals surface area contributed by atoms with Gasteiger partial charge in [0.15, 0.2) is 0 Å². The van der Waals surface area contributed by atoms with E-state index in [2.05, 4.69) is 33.9 Å². The van der Waals surface area contributed by atoms with E-state index in [0.717, 1.165) is 30.2 Å². The Morgan fingerprint density at radius 1 is 1.32 bits per heavy atom. The van der Waals surface area contributed by atoms with Crippen molar-refractivity contribution in [3.05, 3.63) is 53.1 Å². The molecule has 0 radical (unpaired) electrons. The number of imidazole rings is 1. The van der Waals surface area contributed by atoms with Crippen molar-refractivity contribution in [3.63, 3.8) is 0 Å². The number of aromatic nitrogens is 2. The summed E-state index contributed by atoms with van der Waals surface area (Å²) in [5.41, 5.74) is 1.26. The quantitative estimate of drug-likeness (QED) is 0.876. The van der Waals surface area contributed by atoms with Crippen LogP contribution in [0.3, 0.4) is 0 Å². The summed E-state index contributed by atoms with van der Waals surface area (Å²) in [5, 5.41) is 4.13. The highest BCUT2D eigenvalue weighted by molar-refractivity contribution is 6.30. The van der Waals surface area contributed by atoms with E-state index in [4.69, 9.17) is 11.6 Å². The summed E-state index contributed by atoms with van der Waals surface area (Å²) in [6.07, 6.45) is 5.94. The zero-order valence-electron chi connectivity index (χ0n) is 11.4. The third-order valence-corrected chi connectivity index (χ3v) is 3.48. The van der Waals surface area contributed by atoms with Crippen LogP contribution >= 0.6 is 11.6 Å². The van der Waals surface area contributed by atoms with Crippen molar-refractivity contribution in [1.29, 1.82) is 0 Å². The van der Waals surface area contributed by atoms with E-state index in [1.54, 1.807) is 0 Å². The molecular weight excluding hydrogens is 258 g/mol.